The lowest BCUT2D eigenvalue weighted by atomic mass is 10.1. The van der Waals surface area contributed by atoms with E-state index >= 15 is 0 Å². The number of benzene rings is 2. The highest BCUT2D eigenvalue weighted by Crippen LogP contribution is 2.22. The maximum Gasteiger partial charge on any atom is 0.226 e. The lowest BCUT2D eigenvalue weighted by molar-refractivity contribution is 0.101. The van der Waals surface area contributed by atoms with Gasteiger partial charge in [0.2, 0.25) is 5.89 Å². The summed E-state index contributed by atoms with van der Waals surface area (Å²) < 4.78 is 11.5. The molecule has 0 amide bonds. The fraction of sp³-hybridized carbons (Fsp3) is 0.200. The first-order valence-electron chi connectivity index (χ1n) is 7.89. The van der Waals surface area contributed by atoms with Crippen LogP contribution in [0.15, 0.2) is 59.0 Å². The Morgan fingerprint density at radius 1 is 1.08 bits per heavy atom. The Labute approximate surface area is 141 Å². The van der Waals surface area contributed by atoms with Crippen molar-refractivity contribution in [1.29, 1.82) is 0 Å². The third-order valence-corrected chi connectivity index (χ3v) is 3.78. The average Bonchev–Trinajstić information content (AvgIpc) is 2.97. The van der Waals surface area contributed by atoms with Crippen molar-refractivity contribution >= 4 is 5.78 Å². The summed E-state index contributed by atoms with van der Waals surface area (Å²) in [6.07, 6.45) is 0.663. The number of aromatic nitrogens is 1. The summed E-state index contributed by atoms with van der Waals surface area (Å²) in [4.78, 5) is 15.8. The average molecular weight is 321 g/mol. The van der Waals surface area contributed by atoms with E-state index in [1.165, 1.54) is 0 Å². The van der Waals surface area contributed by atoms with Crippen LogP contribution in [0.4, 0.5) is 0 Å². The molecule has 0 aliphatic heterocycles. The summed E-state index contributed by atoms with van der Waals surface area (Å²) >= 11 is 0. The number of carbonyl (C=O) groups excluding carboxylic acids is 1. The Bertz CT molecular complexity index is 820. The topological polar surface area (TPSA) is 52.3 Å². The summed E-state index contributed by atoms with van der Waals surface area (Å²) in [7, 11) is 0. The van der Waals surface area contributed by atoms with Gasteiger partial charge in [-0.25, -0.2) is 4.98 Å². The number of ether oxygens (including phenoxy) is 1. The van der Waals surface area contributed by atoms with Gasteiger partial charge in [-0.1, -0.05) is 18.2 Å². The van der Waals surface area contributed by atoms with E-state index in [4.69, 9.17) is 9.15 Å². The quantitative estimate of drug-likeness (QED) is 0.628. The number of carbonyl (C=O) groups is 1. The highest BCUT2D eigenvalue weighted by atomic mass is 16.5. The maximum absolute atomic E-state index is 11.3. The van der Waals surface area contributed by atoms with Gasteiger partial charge in [-0.05, 0) is 50.2 Å². The van der Waals surface area contributed by atoms with Crippen molar-refractivity contribution in [3.63, 3.8) is 0 Å². The van der Waals surface area contributed by atoms with Crippen LogP contribution in [0, 0.1) is 6.92 Å². The zero-order valence-electron chi connectivity index (χ0n) is 13.8. The largest absolute Gasteiger partial charge is 0.493 e. The minimum absolute atomic E-state index is 0.0493. The predicted molar refractivity (Wildman–Crippen MR) is 92.3 cm³/mol. The summed E-state index contributed by atoms with van der Waals surface area (Å²) in [6.45, 7) is 3.96. The zero-order chi connectivity index (χ0) is 16.9. The first-order chi connectivity index (χ1) is 11.6. The van der Waals surface area contributed by atoms with E-state index in [0.717, 1.165) is 22.8 Å². The Hall–Kier alpha value is -2.88. The number of hydrogen-bond acceptors (Lipinski definition) is 4. The molecule has 0 saturated carbocycles. The molecule has 0 N–H and O–H groups in total. The van der Waals surface area contributed by atoms with Crippen LogP contribution in [0.25, 0.3) is 11.5 Å². The molecule has 1 heterocycles. The van der Waals surface area contributed by atoms with E-state index in [-0.39, 0.29) is 5.78 Å². The van der Waals surface area contributed by atoms with Crippen LogP contribution >= 0.6 is 0 Å². The SMILES string of the molecule is CC(=O)c1ccc(OCCc2nc(-c3ccccc3)oc2C)cc1. The third-order valence-electron chi connectivity index (χ3n) is 3.78. The molecular weight excluding hydrogens is 302 g/mol. The van der Waals surface area contributed by atoms with Crippen LogP contribution in [-0.2, 0) is 6.42 Å². The summed E-state index contributed by atoms with van der Waals surface area (Å²) in [5.74, 6) is 2.23. The van der Waals surface area contributed by atoms with E-state index in [0.29, 0.717) is 24.5 Å². The zero-order valence-corrected chi connectivity index (χ0v) is 13.8. The van der Waals surface area contributed by atoms with Crippen molar-refractivity contribution in [3.8, 4) is 17.2 Å². The van der Waals surface area contributed by atoms with Gasteiger partial charge in [-0.3, -0.25) is 4.79 Å². The molecule has 0 radical (unpaired) electrons. The number of aryl methyl sites for hydroxylation is 1. The normalized spacial score (nSPS) is 10.6. The lowest BCUT2D eigenvalue weighted by Crippen LogP contribution is -2.03. The van der Waals surface area contributed by atoms with Crippen molar-refractivity contribution in [2.75, 3.05) is 6.61 Å². The summed E-state index contributed by atoms with van der Waals surface area (Å²) in [5.41, 5.74) is 2.55. The van der Waals surface area contributed by atoms with Crippen molar-refractivity contribution < 1.29 is 13.9 Å². The molecule has 0 aliphatic carbocycles. The van der Waals surface area contributed by atoms with Gasteiger partial charge >= 0.3 is 0 Å². The maximum atomic E-state index is 11.3. The minimum atomic E-state index is 0.0493. The van der Waals surface area contributed by atoms with Gasteiger partial charge in [0.15, 0.2) is 5.78 Å². The molecule has 0 atom stereocenters. The van der Waals surface area contributed by atoms with E-state index in [1.54, 1.807) is 19.1 Å². The van der Waals surface area contributed by atoms with Crippen LogP contribution in [0.3, 0.4) is 0 Å². The molecule has 4 nitrogen and oxygen atoms in total. The van der Waals surface area contributed by atoms with E-state index < -0.39 is 0 Å². The van der Waals surface area contributed by atoms with E-state index in [9.17, 15) is 4.79 Å². The second kappa shape index (κ2) is 7.13. The van der Waals surface area contributed by atoms with Gasteiger partial charge in [0.05, 0.1) is 12.3 Å². The molecule has 0 aliphatic rings. The predicted octanol–water partition coefficient (Wildman–Crippen LogP) is 4.47. The third kappa shape index (κ3) is 3.71. The highest BCUT2D eigenvalue weighted by Gasteiger charge is 2.11. The number of rotatable bonds is 6. The van der Waals surface area contributed by atoms with Gasteiger partial charge in [-0.15, -0.1) is 0 Å². The van der Waals surface area contributed by atoms with E-state index in [1.807, 2.05) is 49.4 Å². The van der Waals surface area contributed by atoms with Gasteiger partial charge in [0.1, 0.15) is 11.5 Å². The van der Waals surface area contributed by atoms with Crippen LogP contribution in [0.1, 0.15) is 28.7 Å². The number of nitrogens with zero attached hydrogens (tertiary/aromatic N) is 1. The van der Waals surface area contributed by atoms with Crippen molar-refractivity contribution in [2.45, 2.75) is 20.3 Å². The lowest BCUT2D eigenvalue weighted by Gasteiger charge is -2.05. The van der Waals surface area contributed by atoms with Crippen LogP contribution in [0.5, 0.6) is 5.75 Å². The van der Waals surface area contributed by atoms with Crippen LogP contribution < -0.4 is 4.74 Å². The van der Waals surface area contributed by atoms with Crippen molar-refractivity contribution in [2.24, 2.45) is 0 Å². The molecule has 0 saturated heterocycles. The fourth-order valence-corrected chi connectivity index (χ4v) is 2.42. The fourth-order valence-electron chi connectivity index (χ4n) is 2.42. The molecule has 0 spiro atoms. The second-order valence-corrected chi connectivity index (χ2v) is 5.57. The Morgan fingerprint density at radius 3 is 2.46 bits per heavy atom. The summed E-state index contributed by atoms with van der Waals surface area (Å²) in [5, 5.41) is 0. The molecule has 24 heavy (non-hydrogen) atoms. The van der Waals surface area contributed by atoms with Crippen molar-refractivity contribution in [3.05, 3.63) is 71.6 Å². The first kappa shape index (κ1) is 16.0. The molecule has 4 heteroatoms. The molecule has 0 fully saturated rings. The Kier molecular flexibility index (Phi) is 4.75. The van der Waals surface area contributed by atoms with Crippen LogP contribution in [-0.4, -0.2) is 17.4 Å². The number of hydrogen-bond donors (Lipinski definition) is 0. The molecule has 122 valence electrons. The Balaban J connectivity index is 1.61. The van der Waals surface area contributed by atoms with Gasteiger partial charge in [0, 0.05) is 17.5 Å². The first-order valence-corrected chi connectivity index (χ1v) is 7.89. The molecule has 2 aromatic carbocycles. The van der Waals surface area contributed by atoms with Gasteiger partial charge in [-0.2, -0.15) is 0 Å². The second-order valence-electron chi connectivity index (χ2n) is 5.57. The van der Waals surface area contributed by atoms with Crippen LogP contribution in [0.2, 0.25) is 0 Å². The molecule has 0 unspecified atom stereocenters. The molecule has 0 bridgehead atoms. The molecule has 1 aromatic heterocycles. The number of Topliss-reactive ketones (excluding diaryl/α,β-unsaturated/α-hetero) is 1. The summed E-state index contributed by atoms with van der Waals surface area (Å²) in [6, 6.07) is 17.0. The number of ketones is 1. The van der Waals surface area contributed by atoms with E-state index in [2.05, 4.69) is 4.98 Å². The van der Waals surface area contributed by atoms with Crippen molar-refractivity contribution in [1.82, 2.24) is 4.98 Å². The standard InChI is InChI=1S/C20H19NO3/c1-14(22)16-8-10-18(11-9-16)23-13-12-19-15(2)24-20(21-19)17-6-4-3-5-7-17/h3-11H,12-13H2,1-2H3. The number of oxazole rings is 1. The smallest absolute Gasteiger partial charge is 0.226 e. The minimum Gasteiger partial charge on any atom is -0.493 e. The highest BCUT2D eigenvalue weighted by molar-refractivity contribution is 5.94. The monoisotopic (exact) mass is 321 g/mol. The molecule has 3 aromatic rings. The van der Waals surface area contributed by atoms with Gasteiger partial charge < -0.3 is 9.15 Å². The molecular formula is C20H19NO3. The van der Waals surface area contributed by atoms with Gasteiger partial charge in [0.25, 0.3) is 0 Å². The Morgan fingerprint density at radius 2 is 1.79 bits per heavy atom. The molecule has 3 rings (SSSR count).